The Morgan fingerprint density at radius 3 is 2.29 bits per heavy atom. The zero-order chi connectivity index (χ0) is 21.9. The Kier molecular flexibility index (Phi) is 9.77. The summed E-state index contributed by atoms with van der Waals surface area (Å²) in [5, 5.41) is 0. The summed E-state index contributed by atoms with van der Waals surface area (Å²) in [7, 11) is 0. The van der Waals surface area contributed by atoms with Crippen LogP contribution in [0.4, 0.5) is 8.78 Å². The lowest BCUT2D eigenvalue weighted by molar-refractivity contribution is 0.302. The van der Waals surface area contributed by atoms with E-state index in [4.69, 9.17) is 4.74 Å². The molecule has 0 unspecified atom stereocenters. The van der Waals surface area contributed by atoms with Crippen LogP contribution in [-0.2, 0) is 6.42 Å². The molecular weight excluding hydrogens is 392 g/mol. The van der Waals surface area contributed by atoms with Gasteiger partial charge in [0.25, 0.3) is 0 Å². The van der Waals surface area contributed by atoms with E-state index in [0.29, 0.717) is 23.8 Å². The monoisotopic (exact) mass is 429 g/mol. The van der Waals surface area contributed by atoms with E-state index >= 15 is 0 Å². The molecule has 0 saturated heterocycles. The van der Waals surface area contributed by atoms with E-state index in [0.717, 1.165) is 38.0 Å². The van der Waals surface area contributed by atoms with Crippen LogP contribution in [-0.4, -0.2) is 11.6 Å². The summed E-state index contributed by atoms with van der Waals surface area (Å²) in [5.41, 5.74) is 1.93. The number of unbranched alkanes of at least 4 members (excludes halogenated alkanes) is 5. The third kappa shape index (κ3) is 7.90. The molecular formula is C27H37F2NO. The van der Waals surface area contributed by atoms with Gasteiger partial charge in [-0.3, -0.25) is 0 Å². The second-order valence-corrected chi connectivity index (χ2v) is 9.03. The summed E-state index contributed by atoms with van der Waals surface area (Å²) in [6.07, 6.45) is 13.9. The van der Waals surface area contributed by atoms with E-state index in [1.807, 2.05) is 0 Å². The van der Waals surface area contributed by atoms with Gasteiger partial charge >= 0.3 is 0 Å². The molecule has 0 amide bonds. The molecule has 0 radical (unpaired) electrons. The molecule has 2 nitrogen and oxygen atoms in total. The minimum Gasteiger partial charge on any atom is -0.494 e. The maximum atomic E-state index is 13.7. The van der Waals surface area contributed by atoms with Crippen LogP contribution in [0.1, 0.15) is 94.6 Å². The van der Waals surface area contributed by atoms with Crippen molar-refractivity contribution in [2.24, 2.45) is 5.92 Å². The van der Waals surface area contributed by atoms with Crippen molar-refractivity contribution in [3.63, 3.8) is 0 Å². The smallest absolute Gasteiger partial charge is 0.218 e. The van der Waals surface area contributed by atoms with E-state index in [-0.39, 0.29) is 0 Å². The highest BCUT2D eigenvalue weighted by Gasteiger charge is 2.22. The Bertz CT molecular complexity index is 769. The van der Waals surface area contributed by atoms with Crippen LogP contribution in [0.2, 0.25) is 0 Å². The fourth-order valence-corrected chi connectivity index (χ4v) is 4.68. The Hall–Kier alpha value is -1.97. The van der Waals surface area contributed by atoms with Gasteiger partial charge in [-0.2, -0.15) is 13.8 Å². The SMILES string of the molecule is CCCCCCCCOc1ccc(C2CCC(CCc3ccc(F)nc3F)CC2)cc1. The normalized spacial score (nSPS) is 18.8. The van der Waals surface area contributed by atoms with Crippen LogP contribution >= 0.6 is 0 Å². The van der Waals surface area contributed by atoms with Crippen molar-refractivity contribution >= 4 is 0 Å². The number of aryl methyl sites for hydroxylation is 1. The molecule has 1 saturated carbocycles. The maximum absolute atomic E-state index is 13.7. The van der Waals surface area contributed by atoms with Gasteiger partial charge in [0.05, 0.1) is 6.61 Å². The van der Waals surface area contributed by atoms with Gasteiger partial charge in [-0.05, 0) is 86.6 Å². The fourth-order valence-electron chi connectivity index (χ4n) is 4.68. The number of pyridine rings is 1. The van der Waals surface area contributed by atoms with Crippen molar-refractivity contribution in [2.75, 3.05) is 6.61 Å². The van der Waals surface area contributed by atoms with E-state index in [2.05, 4.69) is 36.2 Å². The highest BCUT2D eigenvalue weighted by Crippen LogP contribution is 2.38. The first-order chi connectivity index (χ1) is 15.2. The maximum Gasteiger partial charge on any atom is 0.218 e. The van der Waals surface area contributed by atoms with Gasteiger partial charge in [0, 0.05) is 5.56 Å². The van der Waals surface area contributed by atoms with Crippen molar-refractivity contribution in [2.45, 2.75) is 89.9 Å². The molecule has 0 aliphatic heterocycles. The average Bonchev–Trinajstić information content (AvgIpc) is 2.79. The number of nitrogens with zero attached hydrogens (tertiary/aromatic N) is 1. The minimum absolute atomic E-state index is 0.528. The molecule has 2 aromatic rings. The van der Waals surface area contributed by atoms with Crippen LogP contribution in [0.15, 0.2) is 36.4 Å². The van der Waals surface area contributed by atoms with E-state index in [1.54, 1.807) is 0 Å². The minimum atomic E-state index is -0.749. The third-order valence-electron chi connectivity index (χ3n) is 6.68. The molecule has 1 fully saturated rings. The second-order valence-electron chi connectivity index (χ2n) is 9.03. The number of ether oxygens (including phenoxy) is 1. The van der Waals surface area contributed by atoms with Gasteiger partial charge in [-0.25, -0.2) is 0 Å². The summed E-state index contributed by atoms with van der Waals surface area (Å²) in [6.45, 7) is 3.05. The number of halogens is 2. The molecule has 1 aromatic carbocycles. The lowest BCUT2D eigenvalue weighted by Gasteiger charge is -2.29. The first kappa shape index (κ1) is 23.7. The Labute approximate surface area is 186 Å². The summed E-state index contributed by atoms with van der Waals surface area (Å²) >= 11 is 0. The predicted molar refractivity (Wildman–Crippen MR) is 122 cm³/mol. The van der Waals surface area contributed by atoms with Crippen LogP contribution in [0.5, 0.6) is 5.75 Å². The lowest BCUT2D eigenvalue weighted by atomic mass is 9.77. The Morgan fingerprint density at radius 1 is 0.871 bits per heavy atom. The fraction of sp³-hybridized carbons (Fsp3) is 0.593. The van der Waals surface area contributed by atoms with Crippen molar-refractivity contribution in [3.05, 3.63) is 59.4 Å². The Morgan fingerprint density at radius 2 is 1.58 bits per heavy atom. The van der Waals surface area contributed by atoms with E-state index in [1.165, 1.54) is 62.6 Å². The van der Waals surface area contributed by atoms with Crippen LogP contribution < -0.4 is 4.74 Å². The first-order valence-electron chi connectivity index (χ1n) is 12.2. The van der Waals surface area contributed by atoms with Crippen LogP contribution in [0.3, 0.4) is 0 Å². The van der Waals surface area contributed by atoms with Crippen molar-refractivity contribution < 1.29 is 13.5 Å². The standard InChI is InChI=1S/C27H37F2NO/c1-2-3-4-5-6-7-20-31-25-17-14-23(15-18-25)22-11-8-21(9-12-22)10-13-24-16-19-26(28)30-27(24)29/h14-19,21-22H,2-13,20H2,1H3. The van der Waals surface area contributed by atoms with Gasteiger partial charge in [0.1, 0.15) is 5.75 Å². The Balaban J connectivity index is 1.34. The molecule has 1 aliphatic rings. The second kappa shape index (κ2) is 12.8. The van der Waals surface area contributed by atoms with Gasteiger partial charge in [-0.15, -0.1) is 0 Å². The largest absolute Gasteiger partial charge is 0.494 e. The molecule has 3 rings (SSSR count). The predicted octanol–water partition coefficient (Wildman–Crippen LogP) is 8.01. The van der Waals surface area contributed by atoms with Gasteiger partial charge in [0.15, 0.2) is 0 Å². The van der Waals surface area contributed by atoms with Gasteiger partial charge in [0.2, 0.25) is 11.9 Å². The molecule has 0 N–H and O–H groups in total. The zero-order valence-electron chi connectivity index (χ0n) is 18.9. The van der Waals surface area contributed by atoms with Gasteiger partial charge in [-0.1, -0.05) is 51.2 Å². The molecule has 0 spiro atoms. The topological polar surface area (TPSA) is 22.1 Å². The molecule has 0 bridgehead atoms. The number of aromatic nitrogens is 1. The summed E-state index contributed by atoms with van der Waals surface area (Å²) in [4.78, 5) is 3.29. The summed E-state index contributed by atoms with van der Waals surface area (Å²) < 4.78 is 32.6. The summed E-state index contributed by atoms with van der Waals surface area (Å²) in [5.74, 6) is 0.780. The number of hydrogen-bond acceptors (Lipinski definition) is 2. The van der Waals surface area contributed by atoms with E-state index in [9.17, 15) is 8.78 Å². The quantitative estimate of drug-likeness (QED) is 0.252. The van der Waals surface area contributed by atoms with Crippen LogP contribution in [0, 0.1) is 17.8 Å². The number of benzene rings is 1. The lowest BCUT2D eigenvalue weighted by Crippen LogP contribution is -2.14. The van der Waals surface area contributed by atoms with Crippen LogP contribution in [0.25, 0.3) is 0 Å². The van der Waals surface area contributed by atoms with Crippen molar-refractivity contribution in [1.29, 1.82) is 0 Å². The zero-order valence-corrected chi connectivity index (χ0v) is 18.9. The molecule has 1 aromatic heterocycles. The average molecular weight is 430 g/mol. The molecule has 1 aliphatic carbocycles. The molecule has 1 heterocycles. The third-order valence-corrected chi connectivity index (χ3v) is 6.68. The number of rotatable bonds is 12. The highest BCUT2D eigenvalue weighted by molar-refractivity contribution is 5.29. The first-order valence-corrected chi connectivity index (χ1v) is 12.2. The highest BCUT2D eigenvalue weighted by atomic mass is 19.1. The molecule has 31 heavy (non-hydrogen) atoms. The summed E-state index contributed by atoms with van der Waals surface area (Å²) in [6, 6.07) is 11.4. The molecule has 0 atom stereocenters. The van der Waals surface area contributed by atoms with Crippen molar-refractivity contribution in [1.82, 2.24) is 4.98 Å². The molecule has 4 heteroatoms. The van der Waals surface area contributed by atoms with Crippen molar-refractivity contribution in [3.8, 4) is 5.75 Å². The van der Waals surface area contributed by atoms with Gasteiger partial charge < -0.3 is 4.74 Å². The number of hydrogen-bond donors (Lipinski definition) is 0. The molecule has 170 valence electrons. The van der Waals surface area contributed by atoms with E-state index < -0.39 is 11.9 Å².